The number of hydrogen-bond donors (Lipinski definition) is 3. The Morgan fingerprint density at radius 1 is 1.08 bits per heavy atom. The first-order valence-corrected chi connectivity index (χ1v) is 12.6. The van der Waals surface area contributed by atoms with Crippen molar-refractivity contribution < 1.29 is 19.4 Å². The molecule has 0 aliphatic rings. The molecular formula is C29H30ClN3O4. The molecule has 8 heteroatoms. The summed E-state index contributed by atoms with van der Waals surface area (Å²) in [5.41, 5.74) is 4.84. The zero-order chi connectivity index (χ0) is 26.4. The fourth-order valence-corrected chi connectivity index (χ4v) is 4.65. The molecule has 0 aliphatic carbocycles. The normalized spacial score (nSPS) is 12.8. The van der Waals surface area contributed by atoms with Crippen LogP contribution in [0.1, 0.15) is 35.1 Å². The number of carbonyl (C=O) groups excluding carboxylic acids is 2. The van der Waals surface area contributed by atoms with Crippen LogP contribution in [0.15, 0.2) is 66.7 Å². The van der Waals surface area contributed by atoms with Gasteiger partial charge in [-0.1, -0.05) is 66.2 Å². The van der Waals surface area contributed by atoms with Crippen molar-refractivity contribution in [1.82, 2.24) is 15.3 Å². The van der Waals surface area contributed by atoms with E-state index < -0.39 is 17.9 Å². The van der Waals surface area contributed by atoms with E-state index in [1.165, 1.54) is 0 Å². The number of aryl methyl sites for hydroxylation is 1. The number of aromatic amines is 1. The van der Waals surface area contributed by atoms with Crippen LogP contribution < -0.4 is 5.32 Å². The van der Waals surface area contributed by atoms with Gasteiger partial charge in [-0.3, -0.25) is 9.59 Å². The van der Waals surface area contributed by atoms with E-state index in [9.17, 15) is 14.7 Å². The Labute approximate surface area is 220 Å². The lowest BCUT2D eigenvalue weighted by Crippen LogP contribution is -2.40. The second kappa shape index (κ2) is 12.0. The van der Waals surface area contributed by atoms with Crippen molar-refractivity contribution in [2.24, 2.45) is 5.92 Å². The van der Waals surface area contributed by atoms with Gasteiger partial charge in [0.15, 0.2) is 0 Å². The van der Waals surface area contributed by atoms with Crippen molar-refractivity contribution in [3.8, 4) is 11.1 Å². The second-order valence-electron chi connectivity index (χ2n) is 8.98. The highest BCUT2D eigenvalue weighted by Crippen LogP contribution is 2.25. The molecule has 0 saturated carbocycles. The molecule has 3 aromatic carbocycles. The Hall–Kier alpha value is -3.68. The number of rotatable bonds is 10. The number of halogens is 1. The summed E-state index contributed by atoms with van der Waals surface area (Å²) in [6, 6.07) is 21.0. The number of H-pyrrole nitrogens is 1. The summed E-state index contributed by atoms with van der Waals surface area (Å²) < 4.78 is 5.13. The summed E-state index contributed by atoms with van der Waals surface area (Å²) in [6.45, 7) is 3.38. The minimum atomic E-state index is -0.754. The lowest BCUT2D eigenvalue weighted by molar-refractivity contribution is -0.149. The van der Waals surface area contributed by atoms with Crippen LogP contribution in [0, 0.1) is 12.8 Å². The van der Waals surface area contributed by atoms with Crippen molar-refractivity contribution in [2.75, 3.05) is 13.2 Å². The molecule has 0 fully saturated rings. The van der Waals surface area contributed by atoms with Gasteiger partial charge in [-0.2, -0.15) is 0 Å². The van der Waals surface area contributed by atoms with Crippen LogP contribution in [0.3, 0.4) is 0 Å². The molecule has 1 amide bonds. The van der Waals surface area contributed by atoms with Gasteiger partial charge in [0, 0.05) is 11.6 Å². The Balaban J connectivity index is 1.56. The Kier molecular flexibility index (Phi) is 8.58. The highest BCUT2D eigenvalue weighted by Gasteiger charge is 2.26. The molecule has 192 valence electrons. The number of aliphatic hydroxyl groups excluding tert-OH is 1. The lowest BCUT2D eigenvalue weighted by atomic mass is 9.94. The van der Waals surface area contributed by atoms with E-state index in [0.717, 1.165) is 16.7 Å². The average Bonchev–Trinajstić information content (AvgIpc) is 3.29. The molecule has 2 unspecified atom stereocenters. The number of nitrogens with zero attached hydrogens (tertiary/aromatic N) is 1. The summed E-state index contributed by atoms with van der Waals surface area (Å²) in [4.78, 5) is 33.1. The highest BCUT2D eigenvalue weighted by atomic mass is 35.5. The number of ether oxygens (including phenoxy) is 1. The zero-order valence-electron chi connectivity index (χ0n) is 20.8. The van der Waals surface area contributed by atoms with Crippen LogP contribution in [-0.2, 0) is 16.0 Å². The number of carbonyl (C=O) groups is 2. The van der Waals surface area contributed by atoms with Gasteiger partial charge in [0.05, 0.1) is 29.7 Å². The molecule has 0 bridgehead atoms. The number of benzene rings is 3. The van der Waals surface area contributed by atoms with Crippen molar-refractivity contribution in [1.29, 1.82) is 0 Å². The van der Waals surface area contributed by atoms with E-state index in [2.05, 4.69) is 15.3 Å². The minimum absolute atomic E-state index is 0.218. The van der Waals surface area contributed by atoms with Crippen LogP contribution in [0.4, 0.5) is 0 Å². The highest BCUT2D eigenvalue weighted by molar-refractivity contribution is 6.35. The van der Waals surface area contributed by atoms with Crippen LogP contribution >= 0.6 is 11.6 Å². The number of nitrogens with one attached hydrogen (secondary N) is 2. The van der Waals surface area contributed by atoms with Gasteiger partial charge >= 0.3 is 5.97 Å². The fraction of sp³-hybridized carbons (Fsp3) is 0.276. The molecule has 3 N–H and O–H groups in total. The number of aliphatic hydroxyl groups is 1. The Morgan fingerprint density at radius 2 is 1.78 bits per heavy atom. The standard InChI is InChI=1S/C29H30ClN3O4/c1-3-37-29(36)23(17-34)14-24(13-19-9-11-21(12-10-19)20-7-5-4-6-8-20)33-28(35)22-15-25(30)27-26(16-22)31-18(2)32-27/h4-12,15-16,23-24,34H,3,13-14,17H2,1-2H3,(H,31,32)(H,33,35). The summed E-state index contributed by atoms with van der Waals surface area (Å²) in [5.74, 6) is -0.870. The van der Waals surface area contributed by atoms with Gasteiger partial charge in [0.1, 0.15) is 11.3 Å². The van der Waals surface area contributed by atoms with Crippen LogP contribution in [0.2, 0.25) is 5.02 Å². The minimum Gasteiger partial charge on any atom is -0.466 e. The molecule has 37 heavy (non-hydrogen) atoms. The smallest absolute Gasteiger partial charge is 0.311 e. The molecule has 1 heterocycles. The number of aromatic nitrogens is 2. The molecule has 0 spiro atoms. The predicted molar refractivity (Wildman–Crippen MR) is 145 cm³/mol. The number of esters is 1. The third-order valence-electron chi connectivity index (χ3n) is 6.21. The Morgan fingerprint density at radius 3 is 2.46 bits per heavy atom. The predicted octanol–water partition coefficient (Wildman–Crippen LogP) is 5.09. The number of imidazole rings is 1. The van der Waals surface area contributed by atoms with Gasteiger partial charge in [-0.15, -0.1) is 0 Å². The summed E-state index contributed by atoms with van der Waals surface area (Å²) in [7, 11) is 0. The van der Waals surface area contributed by atoms with E-state index >= 15 is 0 Å². The van der Waals surface area contributed by atoms with E-state index in [1.807, 2.05) is 61.5 Å². The first-order valence-electron chi connectivity index (χ1n) is 12.3. The van der Waals surface area contributed by atoms with Crippen molar-refractivity contribution in [3.05, 3.63) is 88.7 Å². The summed E-state index contributed by atoms with van der Waals surface area (Å²) >= 11 is 6.38. The first kappa shape index (κ1) is 26.4. The quantitative estimate of drug-likeness (QED) is 0.253. The molecule has 7 nitrogen and oxygen atoms in total. The molecule has 4 rings (SSSR count). The zero-order valence-corrected chi connectivity index (χ0v) is 21.6. The molecule has 1 aromatic heterocycles. The maximum atomic E-state index is 13.3. The number of amides is 1. The van der Waals surface area contributed by atoms with Crippen molar-refractivity contribution >= 4 is 34.5 Å². The van der Waals surface area contributed by atoms with Crippen molar-refractivity contribution in [3.63, 3.8) is 0 Å². The van der Waals surface area contributed by atoms with E-state index in [4.69, 9.17) is 16.3 Å². The third kappa shape index (κ3) is 6.56. The number of fused-ring (bicyclic) bond motifs is 1. The topological polar surface area (TPSA) is 104 Å². The molecular weight excluding hydrogens is 490 g/mol. The Bertz CT molecular complexity index is 1370. The third-order valence-corrected chi connectivity index (χ3v) is 6.50. The molecule has 4 aromatic rings. The maximum absolute atomic E-state index is 13.3. The monoisotopic (exact) mass is 519 g/mol. The molecule has 0 saturated heterocycles. The second-order valence-corrected chi connectivity index (χ2v) is 9.39. The molecule has 0 radical (unpaired) electrons. The SMILES string of the molecule is CCOC(=O)C(CO)CC(Cc1ccc(-c2ccccc2)cc1)NC(=O)c1cc(Cl)c2nc(C)[nH]c2c1. The van der Waals surface area contributed by atoms with Gasteiger partial charge < -0.3 is 20.1 Å². The van der Waals surface area contributed by atoms with E-state index in [0.29, 0.717) is 33.9 Å². The largest absolute Gasteiger partial charge is 0.466 e. The van der Waals surface area contributed by atoms with Gasteiger partial charge in [-0.25, -0.2) is 4.98 Å². The van der Waals surface area contributed by atoms with Crippen molar-refractivity contribution in [2.45, 2.75) is 32.7 Å². The number of hydrogen-bond acceptors (Lipinski definition) is 5. The average molecular weight is 520 g/mol. The van der Waals surface area contributed by atoms with Crippen LogP contribution in [0.5, 0.6) is 0 Å². The molecule has 0 aliphatic heterocycles. The van der Waals surface area contributed by atoms with Gasteiger partial charge in [0.2, 0.25) is 0 Å². The summed E-state index contributed by atoms with van der Waals surface area (Å²) in [6.07, 6.45) is 0.691. The van der Waals surface area contributed by atoms with Crippen LogP contribution in [0.25, 0.3) is 22.2 Å². The van der Waals surface area contributed by atoms with Crippen LogP contribution in [-0.4, -0.2) is 46.2 Å². The fourth-order valence-electron chi connectivity index (χ4n) is 4.39. The van der Waals surface area contributed by atoms with Gasteiger partial charge in [0.25, 0.3) is 5.91 Å². The van der Waals surface area contributed by atoms with Gasteiger partial charge in [-0.05, 0) is 55.5 Å². The van der Waals surface area contributed by atoms with E-state index in [-0.39, 0.29) is 25.5 Å². The summed E-state index contributed by atoms with van der Waals surface area (Å²) in [5, 5.41) is 13.3. The lowest BCUT2D eigenvalue weighted by Gasteiger charge is -2.23. The molecule has 2 atom stereocenters. The first-order chi connectivity index (χ1) is 17.9. The maximum Gasteiger partial charge on any atom is 0.311 e. The van der Waals surface area contributed by atoms with E-state index in [1.54, 1.807) is 19.1 Å².